The van der Waals surface area contributed by atoms with Crippen LogP contribution in [0.5, 0.6) is 5.75 Å². The molecule has 4 N–H and O–H groups in total. The summed E-state index contributed by atoms with van der Waals surface area (Å²) in [6, 6.07) is 0. The largest absolute Gasteiger partial charge is 0.490 e. The van der Waals surface area contributed by atoms with E-state index in [1.54, 1.807) is 7.05 Å². The predicted octanol–water partition coefficient (Wildman–Crippen LogP) is 0.282. The highest BCUT2D eigenvalue weighted by atomic mass is 32.1. The molecule has 0 spiro atoms. The zero-order valence-electron chi connectivity index (χ0n) is 8.66. The van der Waals surface area contributed by atoms with Crippen molar-refractivity contribution in [2.75, 3.05) is 31.8 Å². The van der Waals surface area contributed by atoms with Crippen molar-refractivity contribution >= 4 is 28.3 Å². The predicted molar refractivity (Wildman–Crippen MR) is 60.3 cm³/mol. The second-order valence-corrected chi connectivity index (χ2v) is 3.55. The Morgan fingerprint density at radius 3 is 3.00 bits per heavy atom. The summed E-state index contributed by atoms with van der Waals surface area (Å²) in [5.74, 6) is 0.890. The molecular formula is C8H14N4O2S. The van der Waals surface area contributed by atoms with E-state index in [0.717, 1.165) is 5.00 Å². The van der Waals surface area contributed by atoms with Crippen LogP contribution >= 0.6 is 11.5 Å². The monoisotopic (exact) mass is 230 g/mol. The Morgan fingerprint density at radius 1 is 1.67 bits per heavy atom. The fourth-order valence-corrected chi connectivity index (χ4v) is 1.73. The minimum atomic E-state index is -0.0149. The SMILES string of the molecule is CNC(=O)CCNc1snc(N)c1OC. The Hall–Kier alpha value is -1.50. The van der Waals surface area contributed by atoms with E-state index in [0.29, 0.717) is 24.5 Å². The molecule has 0 aliphatic heterocycles. The maximum atomic E-state index is 10.9. The van der Waals surface area contributed by atoms with E-state index in [1.807, 2.05) is 0 Å². The molecule has 0 bridgehead atoms. The number of carbonyl (C=O) groups is 1. The number of carbonyl (C=O) groups excluding carboxylic acids is 1. The minimum Gasteiger partial charge on any atom is -0.490 e. The van der Waals surface area contributed by atoms with Crippen molar-refractivity contribution in [3.8, 4) is 5.75 Å². The van der Waals surface area contributed by atoms with Crippen molar-refractivity contribution in [3.63, 3.8) is 0 Å². The summed E-state index contributed by atoms with van der Waals surface area (Å²) >= 11 is 1.22. The quantitative estimate of drug-likeness (QED) is 0.676. The lowest BCUT2D eigenvalue weighted by Crippen LogP contribution is -2.20. The van der Waals surface area contributed by atoms with Crippen LogP contribution in [0.2, 0.25) is 0 Å². The molecule has 0 saturated carbocycles. The highest BCUT2D eigenvalue weighted by molar-refractivity contribution is 7.11. The first-order chi connectivity index (χ1) is 7.19. The lowest BCUT2D eigenvalue weighted by molar-refractivity contribution is -0.120. The van der Waals surface area contributed by atoms with E-state index in [4.69, 9.17) is 10.5 Å². The maximum absolute atomic E-state index is 10.9. The molecule has 15 heavy (non-hydrogen) atoms. The molecule has 7 heteroatoms. The Bertz CT molecular complexity index is 339. The van der Waals surface area contributed by atoms with Crippen molar-refractivity contribution in [1.29, 1.82) is 0 Å². The van der Waals surface area contributed by atoms with Crippen LogP contribution in [0.1, 0.15) is 6.42 Å². The number of nitrogens with one attached hydrogen (secondary N) is 2. The zero-order valence-corrected chi connectivity index (χ0v) is 9.48. The lowest BCUT2D eigenvalue weighted by Gasteiger charge is -2.05. The molecule has 84 valence electrons. The van der Waals surface area contributed by atoms with Crippen molar-refractivity contribution in [1.82, 2.24) is 9.69 Å². The van der Waals surface area contributed by atoms with Crippen molar-refractivity contribution in [2.24, 2.45) is 0 Å². The van der Waals surface area contributed by atoms with Crippen molar-refractivity contribution in [3.05, 3.63) is 0 Å². The highest BCUT2D eigenvalue weighted by Crippen LogP contribution is 2.34. The topological polar surface area (TPSA) is 89.3 Å². The van der Waals surface area contributed by atoms with Gasteiger partial charge in [-0.1, -0.05) is 0 Å². The third-order valence-electron chi connectivity index (χ3n) is 1.79. The number of aromatic nitrogens is 1. The molecule has 1 aromatic heterocycles. The second kappa shape index (κ2) is 5.40. The summed E-state index contributed by atoms with van der Waals surface area (Å²) < 4.78 is 9.00. The molecule has 1 amide bonds. The Labute approximate surface area is 92.0 Å². The normalized spacial score (nSPS) is 9.73. The maximum Gasteiger partial charge on any atom is 0.221 e. The van der Waals surface area contributed by atoms with Gasteiger partial charge in [-0.3, -0.25) is 4.79 Å². The average molecular weight is 230 g/mol. The van der Waals surface area contributed by atoms with Crippen LogP contribution in [-0.2, 0) is 4.79 Å². The first-order valence-corrected chi connectivity index (χ1v) is 5.20. The molecule has 0 fully saturated rings. The summed E-state index contributed by atoms with van der Waals surface area (Å²) in [7, 11) is 3.14. The molecule has 1 aromatic rings. The number of methoxy groups -OCH3 is 1. The van der Waals surface area contributed by atoms with Gasteiger partial charge >= 0.3 is 0 Å². The first kappa shape index (κ1) is 11.6. The lowest BCUT2D eigenvalue weighted by atomic mass is 10.4. The number of rotatable bonds is 5. The summed E-state index contributed by atoms with van der Waals surface area (Å²) in [5.41, 5.74) is 5.56. The smallest absolute Gasteiger partial charge is 0.221 e. The van der Waals surface area contributed by atoms with Gasteiger partial charge in [-0.15, -0.1) is 0 Å². The van der Waals surface area contributed by atoms with Crippen LogP contribution in [0, 0.1) is 0 Å². The number of ether oxygens (including phenoxy) is 1. The molecule has 0 unspecified atom stereocenters. The molecule has 1 rings (SSSR count). The standard InChI is InChI=1S/C8H14N4O2S/c1-10-5(13)3-4-11-8-6(14-2)7(9)12-15-8/h11H,3-4H2,1-2H3,(H2,9,12)(H,10,13). The van der Waals surface area contributed by atoms with Gasteiger partial charge in [0.1, 0.15) is 0 Å². The van der Waals surface area contributed by atoms with Crippen LogP contribution in [0.3, 0.4) is 0 Å². The van der Waals surface area contributed by atoms with Crippen molar-refractivity contribution < 1.29 is 9.53 Å². The molecule has 0 aliphatic rings. The van der Waals surface area contributed by atoms with Gasteiger partial charge in [0, 0.05) is 20.0 Å². The fraction of sp³-hybridized carbons (Fsp3) is 0.500. The van der Waals surface area contributed by atoms with Gasteiger partial charge < -0.3 is 21.1 Å². The van der Waals surface area contributed by atoms with Crippen LogP contribution in [0.4, 0.5) is 10.8 Å². The fourth-order valence-electron chi connectivity index (χ4n) is 1.02. The molecule has 0 saturated heterocycles. The number of anilines is 2. The molecular weight excluding hydrogens is 216 g/mol. The summed E-state index contributed by atoms with van der Waals surface area (Å²) in [4.78, 5) is 10.9. The number of hydrogen-bond donors (Lipinski definition) is 3. The molecule has 0 aliphatic carbocycles. The summed E-state index contributed by atoms with van der Waals surface area (Å²) in [6.45, 7) is 0.525. The van der Waals surface area contributed by atoms with E-state index >= 15 is 0 Å². The average Bonchev–Trinajstić information content (AvgIpc) is 2.59. The van der Waals surface area contributed by atoms with Crippen molar-refractivity contribution in [2.45, 2.75) is 6.42 Å². The molecule has 1 heterocycles. The van der Waals surface area contributed by atoms with Gasteiger partial charge in [0.05, 0.1) is 7.11 Å². The van der Waals surface area contributed by atoms with E-state index in [2.05, 4.69) is 15.0 Å². The minimum absolute atomic E-state index is 0.0149. The second-order valence-electron chi connectivity index (χ2n) is 2.78. The third-order valence-corrected chi connectivity index (χ3v) is 2.60. The van der Waals surface area contributed by atoms with E-state index < -0.39 is 0 Å². The summed E-state index contributed by atoms with van der Waals surface area (Å²) in [5, 5.41) is 6.33. The number of nitrogens with zero attached hydrogens (tertiary/aromatic N) is 1. The van der Waals surface area contributed by atoms with Crippen LogP contribution in [0.25, 0.3) is 0 Å². The van der Waals surface area contributed by atoms with E-state index in [-0.39, 0.29) is 5.91 Å². The zero-order chi connectivity index (χ0) is 11.3. The first-order valence-electron chi connectivity index (χ1n) is 4.42. The molecule has 6 nitrogen and oxygen atoms in total. The van der Waals surface area contributed by atoms with E-state index in [1.165, 1.54) is 18.6 Å². The van der Waals surface area contributed by atoms with Crippen LogP contribution < -0.4 is 21.1 Å². The number of nitrogens with two attached hydrogens (primary N) is 1. The Morgan fingerprint density at radius 2 is 2.40 bits per heavy atom. The number of hydrogen-bond acceptors (Lipinski definition) is 6. The molecule has 0 radical (unpaired) electrons. The van der Waals surface area contributed by atoms with Gasteiger partial charge in [-0.25, -0.2) is 0 Å². The Kier molecular flexibility index (Phi) is 4.17. The molecule has 0 aromatic carbocycles. The summed E-state index contributed by atoms with van der Waals surface area (Å²) in [6.07, 6.45) is 0.400. The highest BCUT2D eigenvalue weighted by Gasteiger charge is 2.11. The van der Waals surface area contributed by atoms with Gasteiger partial charge in [0.2, 0.25) is 5.91 Å². The van der Waals surface area contributed by atoms with Gasteiger partial charge in [0.25, 0.3) is 0 Å². The number of nitrogen functional groups attached to an aromatic ring is 1. The van der Waals surface area contributed by atoms with Gasteiger partial charge in [0.15, 0.2) is 16.6 Å². The van der Waals surface area contributed by atoms with Gasteiger partial charge in [-0.2, -0.15) is 4.37 Å². The Balaban J connectivity index is 2.47. The van der Waals surface area contributed by atoms with Crippen LogP contribution in [-0.4, -0.2) is 31.0 Å². The molecule has 0 atom stereocenters. The van der Waals surface area contributed by atoms with E-state index in [9.17, 15) is 4.79 Å². The third kappa shape index (κ3) is 2.98. The van der Waals surface area contributed by atoms with Gasteiger partial charge in [-0.05, 0) is 11.5 Å². The van der Waals surface area contributed by atoms with Crippen LogP contribution in [0.15, 0.2) is 0 Å². The number of amides is 1.